The standard InChI is InChI=1S/C20H25NO4/c1-13-11-18(25-10-9-20(3,4)23)21-12-17(13)15-7-6-8-16(14(15)2)19(22)24-5/h6-8,11-12,23H,9-10H2,1-5H3. The molecule has 0 atom stereocenters. The van der Waals surface area contributed by atoms with Crippen molar-refractivity contribution in [2.45, 2.75) is 39.7 Å². The predicted molar refractivity (Wildman–Crippen MR) is 96.9 cm³/mol. The van der Waals surface area contributed by atoms with E-state index in [0.29, 0.717) is 24.5 Å². The SMILES string of the molecule is COC(=O)c1cccc(-c2cnc(OCCC(C)(C)O)cc2C)c1C. The van der Waals surface area contributed by atoms with Crippen molar-refractivity contribution in [3.05, 3.63) is 47.2 Å². The number of carbonyl (C=O) groups excluding carboxylic acids is 1. The molecule has 1 aromatic carbocycles. The lowest BCUT2D eigenvalue weighted by molar-refractivity contribution is 0.0545. The van der Waals surface area contributed by atoms with E-state index in [1.807, 2.05) is 32.0 Å². The number of methoxy groups -OCH3 is 1. The Morgan fingerprint density at radius 1 is 1.24 bits per heavy atom. The van der Waals surface area contributed by atoms with Crippen LogP contribution in [0.25, 0.3) is 11.1 Å². The first-order chi connectivity index (χ1) is 11.7. The fourth-order valence-corrected chi connectivity index (χ4v) is 2.56. The minimum Gasteiger partial charge on any atom is -0.478 e. The molecule has 0 aliphatic heterocycles. The Balaban J connectivity index is 2.25. The number of benzene rings is 1. The van der Waals surface area contributed by atoms with E-state index < -0.39 is 5.60 Å². The molecular weight excluding hydrogens is 318 g/mol. The number of aliphatic hydroxyl groups is 1. The molecule has 0 aliphatic rings. The molecule has 0 fully saturated rings. The van der Waals surface area contributed by atoms with Gasteiger partial charge in [0.2, 0.25) is 5.88 Å². The zero-order valence-electron chi connectivity index (χ0n) is 15.4. The summed E-state index contributed by atoms with van der Waals surface area (Å²) in [5, 5.41) is 9.73. The van der Waals surface area contributed by atoms with Crippen molar-refractivity contribution in [1.82, 2.24) is 4.98 Å². The summed E-state index contributed by atoms with van der Waals surface area (Å²) in [4.78, 5) is 16.2. The van der Waals surface area contributed by atoms with E-state index in [1.165, 1.54) is 7.11 Å². The smallest absolute Gasteiger partial charge is 0.338 e. The summed E-state index contributed by atoms with van der Waals surface area (Å²) in [5.41, 5.74) is 3.52. The van der Waals surface area contributed by atoms with Gasteiger partial charge in [-0.15, -0.1) is 0 Å². The number of hydrogen-bond acceptors (Lipinski definition) is 5. The van der Waals surface area contributed by atoms with E-state index in [2.05, 4.69) is 4.98 Å². The molecule has 1 aromatic heterocycles. The fourth-order valence-electron chi connectivity index (χ4n) is 2.56. The van der Waals surface area contributed by atoms with E-state index in [0.717, 1.165) is 22.3 Å². The second kappa shape index (κ2) is 7.66. The molecule has 25 heavy (non-hydrogen) atoms. The third-order valence-electron chi connectivity index (χ3n) is 4.08. The van der Waals surface area contributed by atoms with E-state index >= 15 is 0 Å². The van der Waals surface area contributed by atoms with Gasteiger partial charge in [0, 0.05) is 24.2 Å². The molecule has 5 nitrogen and oxygen atoms in total. The Morgan fingerprint density at radius 3 is 2.56 bits per heavy atom. The molecule has 5 heteroatoms. The van der Waals surface area contributed by atoms with Crippen LogP contribution in [0, 0.1) is 13.8 Å². The molecule has 2 aromatic rings. The molecule has 0 saturated carbocycles. The molecule has 2 rings (SSSR count). The number of carbonyl (C=O) groups is 1. The normalized spacial score (nSPS) is 11.3. The van der Waals surface area contributed by atoms with Crippen molar-refractivity contribution in [3.8, 4) is 17.0 Å². The lowest BCUT2D eigenvalue weighted by atomic mass is 9.95. The summed E-state index contributed by atoms with van der Waals surface area (Å²) in [5.74, 6) is 0.170. The highest BCUT2D eigenvalue weighted by Crippen LogP contribution is 2.30. The summed E-state index contributed by atoms with van der Waals surface area (Å²) in [6, 6.07) is 7.41. The second-order valence-electron chi connectivity index (χ2n) is 6.72. The van der Waals surface area contributed by atoms with E-state index in [-0.39, 0.29) is 5.97 Å². The number of rotatable bonds is 6. The Morgan fingerprint density at radius 2 is 1.96 bits per heavy atom. The van der Waals surface area contributed by atoms with Crippen molar-refractivity contribution in [1.29, 1.82) is 0 Å². The first-order valence-electron chi connectivity index (χ1n) is 8.23. The molecule has 0 saturated heterocycles. The van der Waals surface area contributed by atoms with Gasteiger partial charge in [-0.2, -0.15) is 0 Å². The van der Waals surface area contributed by atoms with Gasteiger partial charge in [0.15, 0.2) is 0 Å². The number of aromatic nitrogens is 1. The zero-order valence-corrected chi connectivity index (χ0v) is 15.4. The summed E-state index contributed by atoms with van der Waals surface area (Å²) in [6.45, 7) is 7.76. The number of nitrogens with zero attached hydrogens (tertiary/aromatic N) is 1. The van der Waals surface area contributed by atoms with Gasteiger partial charge in [0.1, 0.15) is 0 Å². The van der Waals surface area contributed by atoms with Crippen LogP contribution < -0.4 is 4.74 Å². The third-order valence-corrected chi connectivity index (χ3v) is 4.08. The highest BCUT2D eigenvalue weighted by Gasteiger charge is 2.15. The Kier molecular flexibility index (Phi) is 5.80. The molecule has 0 unspecified atom stereocenters. The topological polar surface area (TPSA) is 68.7 Å². The summed E-state index contributed by atoms with van der Waals surface area (Å²) in [7, 11) is 1.38. The molecule has 1 N–H and O–H groups in total. The average Bonchev–Trinajstić information content (AvgIpc) is 2.54. The van der Waals surface area contributed by atoms with Crippen LogP contribution in [0.5, 0.6) is 5.88 Å². The highest BCUT2D eigenvalue weighted by atomic mass is 16.5. The number of esters is 1. The van der Waals surface area contributed by atoms with Crippen molar-refractivity contribution in [2.75, 3.05) is 13.7 Å². The molecule has 0 radical (unpaired) electrons. The number of ether oxygens (including phenoxy) is 2. The molecule has 0 aliphatic carbocycles. The van der Waals surface area contributed by atoms with Gasteiger partial charge in [0.25, 0.3) is 0 Å². The molecule has 134 valence electrons. The first kappa shape index (κ1) is 18.9. The molecule has 0 amide bonds. The molecular formula is C20H25NO4. The number of pyridine rings is 1. The van der Waals surface area contributed by atoms with Crippen LogP contribution in [0.3, 0.4) is 0 Å². The fraction of sp³-hybridized carbons (Fsp3) is 0.400. The van der Waals surface area contributed by atoms with Crippen molar-refractivity contribution in [3.63, 3.8) is 0 Å². The minimum atomic E-state index is -0.763. The van der Waals surface area contributed by atoms with Crippen molar-refractivity contribution < 1.29 is 19.4 Å². The Labute approximate surface area is 148 Å². The highest BCUT2D eigenvalue weighted by molar-refractivity contribution is 5.93. The lowest BCUT2D eigenvalue weighted by Gasteiger charge is -2.17. The van der Waals surface area contributed by atoms with Gasteiger partial charge in [-0.3, -0.25) is 0 Å². The van der Waals surface area contributed by atoms with Gasteiger partial charge in [-0.05, 0) is 50.5 Å². The van der Waals surface area contributed by atoms with Crippen LogP contribution in [0.1, 0.15) is 41.8 Å². The number of hydrogen-bond donors (Lipinski definition) is 1. The number of aryl methyl sites for hydroxylation is 1. The van der Waals surface area contributed by atoms with Crippen LogP contribution in [-0.4, -0.2) is 35.4 Å². The van der Waals surface area contributed by atoms with E-state index in [1.54, 1.807) is 26.1 Å². The van der Waals surface area contributed by atoms with Crippen LogP contribution in [-0.2, 0) is 4.74 Å². The van der Waals surface area contributed by atoms with Gasteiger partial charge in [-0.1, -0.05) is 12.1 Å². The second-order valence-corrected chi connectivity index (χ2v) is 6.72. The van der Waals surface area contributed by atoms with Crippen LogP contribution in [0.4, 0.5) is 0 Å². The maximum absolute atomic E-state index is 11.9. The Bertz CT molecular complexity index is 763. The van der Waals surface area contributed by atoms with Gasteiger partial charge in [0.05, 0.1) is 24.9 Å². The maximum Gasteiger partial charge on any atom is 0.338 e. The maximum atomic E-state index is 11.9. The summed E-state index contributed by atoms with van der Waals surface area (Å²) >= 11 is 0. The molecule has 1 heterocycles. The summed E-state index contributed by atoms with van der Waals surface area (Å²) < 4.78 is 10.5. The molecule has 0 spiro atoms. The van der Waals surface area contributed by atoms with Crippen LogP contribution in [0.2, 0.25) is 0 Å². The van der Waals surface area contributed by atoms with Crippen molar-refractivity contribution in [2.24, 2.45) is 0 Å². The largest absolute Gasteiger partial charge is 0.478 e. The van der Waals surface area contributed by atoms with Crippen molar-refractivity contribution >= 4 is 5.97 Å². The van der Waals surface area contributed by atoms with Crippen LogP contribution >= 0.6 is 0 Å². The minimum absolute atomic E-state index is 0.350. The van der Waals surface area contributed by atoms with E-state index in [9.17, 15) is 9.90 Å². The van der Waals surface area contributed by atoms with E-state index in [4.69, 9.17) is 9.47 Å². The average molecular weight is 343 g/mol. The van der Waals surface area contributed by atoms with Gasteiger partial charge >= 0.3 is 5.97 Å². The first-order valence-corrected chi connectivity index (χ1v) is 8.23. The van der Waals surface area contributed by atoms with Gasteiger partial charge in [-0.25, -0.2) is 9.78 Å². The predicted octanol–water partition coefficient (Wildman–Crippen LogP) is 3.69. The van der Waals surface area contributed by atoms with Gasteiger partial charge < -0.3 is 14.6 Å². The molecule has 0 bridgehead atoms. The third kappa shape index (κ3) is 4.79. The quantitative estimate of drug-likeness (QED) is 0.810. The lowest BCUT2D eigenvalue weighted by Crippen LogP contribution is -2.22. The Hall–Kier alpha value is -2.40. The van der Waals surface area contributed by atoms with Crippen LogP contribution in [0.15, 0.2) is 30.5 Å². The monoisotopic (exact) mass is 343 g/mol. The zero-order chi connectivity index (χ0) is 18.6. The summed E-state index contributed by atoms with van der Waals surface area (Å²) in [6.07, 6.45) is 2.27.